The van der Waals surface area contributed by atoms with Crippen LogP contribution in [0.3, 0.4) is 0 Å². The number of aryl methyl sites for hydroxylation is 2. The van der Waals surface area contributed by atoms with E-state index in [0.717, 1.165) is 16.3 Å². The molecule has 32 heavy (non-hydrogen) atoms. The van der Waals surface area contributed by atoms with Gasteiger partial charge in [-0.05, 0) is 24.4 Å². The van der Waals surface area contributed by atoms with Crippen LogP contribution in [0.5, 0.6) is 0 Å². The molecule has 0 fully saturated rings. The van der Waals surface area contributed by atoms with Crippen molar-refractivity contribution < 1.29 is 19.2 Å². The molecule has 0 atom stereocenters. The van der Waals surface area contributed by atoms with E-state index >= 15 is 0 Å². The minimum absolute atomic E-state index is 0.0217. The van der Waals surface area contributed by atoms with Crippen molar-refractivity contribution in [3.8, 4) is 11.4 Å². The van der Waals surface area contributed by atoms with Gasteiger partial charge in [0.05, 0.1) is 0 Å². The van der Waals surface area contributed by atoms with E-state index in [9.17, 15) is 14.7 Å². The summed E-state index contributed by atoms with van der Waals surface area (Å²) in [6.07, 6.45) is 1.83. The Morgan fingerprint density at radius 3 is 2.75 bits per heavy atom. The molecule has 0 bridgehead atoms. The van der Waals surface area contributed by atoms with Crippen LogP contribution in [0.4, 0.5) is 11.6 Å². The Morgan fingerprint density at radius 2 is 2.06 bits per heavy atom. The number of anilines is 2. The van der Waals surface area contributed by atoms with Crippen LogP contribution in [0, 0.1) is 6.92 Å². The highest BCUT2D eigenvalue weighted by Crippen LogP contribution is 2.26. The smallest absolute Gasteiger partial charge is 0.354 e. The number of nitrogens with zero attached hydrogens (tertiary/aromatic N) is 5. The van der Waals surface area contributed by atoms with E-state index in [0.29, 0.717) is 30.6 Å². The largest absolute Gasteiger partial charge is 0.477 e. The van der Waals surface area contributed by atoms with Gasteiger partial charge >= 0.3 is 5.97 Å². The number of aromatic nitrogens is 5. The maximum Gasteiger partial charge on any atom is 0.354 e. The van der Waals surface area contributed by atoms with Crippen LogP contribution in [-0.4, -0.2) is 48.4 Å². The third-order valence-corrected chi connectivity index (χ3v) is 4.76. The highest BCUT2D eigenvalue weighted by molar-refractivity contribution is 5.95. The third kappa shape index (κ3) is 4.41. The van der Waals surface area contributed by atoms with E-state index < -0.39 is 5.97 Å². The lowest BCUT2D eigenvalue weighted by Gasteiger charge is -2.09. The number of amides is 1. The number of hydrogen-bond acceptors (Lipinski definition) is 8. The Balaban J connectivity index is 1.43. The van der Waals surface area contributed by atoms with Gasteiger partial charge in [0.25, 0.3) is 0 Å². The molecular weight excluding hydrogens is 414 g/mol. The zero-order valence-corrected chi connectivity index (χ0v) is 17.5. The number of fused-ring (bicyclic) bond motifs is 1. The summed E-state index contributed by atoms with van der Waals surface area (Å²) in [6, 6.07) is 9.00. The molecule has 4 rings (SSSR count). The van der Waals surface area contributed by atoms with Crippen LogP contribution in [-0.2, 0) is 11.3 Å². The van der Waals surface area contributed by atoms with E-state index in [1.807, 2.05) is 24.3 Å². The van der Waals surface area contributed by atoms with Crippen molar-refractivity contribution in [1.29, 1.82) is 0 Å². The van der Waals surface area contributed by atoms with E-state index in [1.54, 1.807) is 20.0 Å². The lowest BCUT2D eigenvalue weighted by molar-refractivity contribution is -0.116. The van der Waals surface area contributed by atoms with Gasteiger partial charge < -0.3 is 20.3 Å². The van der Waals surface area contributed by atoms with Crippen molar-refractivity contribution in [2.45, 2.75) is 26.8 Å². The minimum Gasteiger partial charge on any atom is -0.477 e. The summed E-state index contributed by atoms with van der Waals surface area (Å²) in [5, 5.41) is 24.9. The summed E-state index contributed by atoms with van der Waals surface area (Å²) in [4.78, 5) is 32.2. The molecule has 0 aliphatic rings. The van der Waals surface area contributed by atoms with Gasteiger partial charge in [-0.1, -0.05) is 17.3 Å². The van der Waals surface area contributed by atoms with Gasteiger partial charge in [-0.15, -0.1) is 0 Å². The van der Waals surface area contributed by atoms with Crippen LogP contribution < -0.4 is 10.6 Å². The number of carbonyl (C=O) groups excluding carboxylic acids is 1. The molecule has 0 radical (unpaired) electrons. The first-order valence-corrected chi connectivity index (χ1v) is 9.99. The average Bonchev–Trinajstić information content (AvgIpc) is 3.39. The van der Waals surface area contributed by atoms with Crippen molar-refractivity contribution in [3.05, 3.63) is 48.1 Å². The number of carboxylic acids is 1. The molecule has 1 amide bonds. The van der Waals surface area contributed by atoms with E-state index in [2.05, 4.69) is 30.9 Å². The molecule has 3 heterocycles. The van der Waals surface area contributed by atoms with Gasteiger partial charge in [0, 0.05) is 49.6 Å². The molecule has 11 nitrogen and oxygen atoms in total. The van der Waals surface area contributed by atoms with Gasteiger partial charge in [0.2, 0.25) is 17.6 Å². The van der Waals surface area contributed by atoms with E-state index in [1.165, 1.54) is 10.7 Å². The quantitative estimate of drug-likeness (QED) is 0.380. The van der Waals surface area contributed by atoms with Crippen LogP contribution in [0.1, 0.15) is 29.7 Å². The molecule has 0 spiro atoms. The number of nitrogens with one attached hydrogen (secondary N) is 2. The summed E-state index contributed by atoms with van der Waals surface area (Å²) >= 11 is 0. The highest BCUT2D eigenvalue weighted by atomic mass is 16.5. The summed E-state index contributed by atoms with van der Waals surface area (Å²) in [5.74, 6) is 0.413. The number of pyridine rings is 1. The SMILES string of the molecule is CCn1nc(NC(=O)CCNc2nccc3ccc(-c4noc(C)n4)cc23)cc1C(=O)O. The molecule has 1 aromatic carbocycles. The van der Waals surface area contributed by atoms with E-state index in [-0.39, 0.29) is 23.8 Å². The molecule has 0 saturated heterocycles. The van der Waals surface area contributed by atoms with Crippen molar-refractivity contribution in [2.24, 2.45) is 0 Å². The first-order chi connectivity index (χ1) is 15.4. The zero-order chi connectivity index (χ0) is 22.7. The summed E-state index contributed by atoms with van der Waals surface area (Å²) in [7, 11) is 0. The molecule has 4 aromatic rings. The van der Waals surface area contributed by atoms with Crippen LogP contribution in [0.25, 0.3) is 22.2 Å². The normalized spacial score (nSPS) is 10.9. The van der Waals surface area contributed by atoms with Crippen LogP contribution in [0.2, 0.25) is 0 Å². The number of rotatable bonds is 8. The molecule has 0 aliphatic heterocycles. The van der Waals surface area contributed by atoms with Gasteiger partial charge in [-0.25, -0.2) is 9.78 Å². The van der Waals surface area contributed by atoms with Crippen LogP contribution in [0.15, 0.2) is 41.1 Å². The predicted octanol–water partition coefficient (Wildman–Crippen LogP) is 2.95. The Bertz CT molecular complexity index is 1290. The first kappa shape index (κ1) is 21.0. The average molecular weight is 435 g/mol. The molecule has 11 heteroatoms. The lowest BCUT2D eigenvalue weighted by atomic mass is 10.1. The Hall–Kier alpha value is -4.28. The third-order valence-electron chi connectivity index (χ3n) is 4.76. The number of hydrogen-bond donors (Lipinski definition) is 3. The maximum atomic E-state index is 12.3. The van der Waals surface area contributed by atoms with Crippen molar-refractivity contribution in [2.75, 3.05) is 17.2 Å². The fourth-order valence-corrected chi connectivity index (χ4v) is 3.26. The molecule has 0 saturated carbocycles. The Morgan fingerprint density at radius 1 is 1.22 bits per heavy atom. The molecule has 3 N–H and O–H groups in total. The first-order valence-electron chi connectivity index (χ1n) is 9.99. The second-order valence-electron chi connectivity index (χ2n) is 6.99. The standard InChI is InChI=1S/C21H21N7O4/c1-3-28-16(21(30)31)11-17(26-28)25-18(29)7-9-23-20-15-10-14(19-24-12(2)32-27-19)5-4-13(15)6-8-22-20/h4-6,8,10-11H,3,7,9H2,1-2H3,(H,22,23)(H,30,31)(H,25,26,29). The molecule has 3 aromatic heterocycles. The van der Waals surface area contributed by atoms with Gasteiger partial charge in [-0.2, -0.15) is 10.1 Å². The highest BCUT2D eigenvalue weighted by Gasteiger charge is 2.15. The van der Waals surface area contributed by atoms with Crippen LogP contribution >= 0.6 is 0 Å². The minimum atomic E-state index is -1.10. The summed E-state index contributed by atoms with van der Waals surface area (Å²) < 4.78 is 6.37. The van der Waals surface area contributed by atoms with Crippen molar-refractivity contribution in [1.82, 2.24) is 24.9 Å². The molecular formula is C21H21N7O4. The molecule has 0 unspecified atom stereocenters. The topological polar surface area (TPSA) is 148 Å². The van der Waals surface area contributed by atoms with Gasteiger partial charge in [0.15, 0.2) is 5.82 Å². The molecule has 164 valence electrons. The van der Waals surface area contributed by atoms with Gasteiger partial charge in [-0.3, -0.25) is 9.48 Å². The fraction of sp³-hybridized carbons (Fsp3) is 0.238. The molecule has 0 aliphatic carbocycles. The Kier molecular flexibility index (Phi) is 5.79. The maximum absolute atomic E-state index is 12.3. The van der Waals surface area contributed by atoms with E-state index in [4.69, 9.17) is 4.52 Å². The van der Waals surface area contributed by atoms with Gasteiger partial charge in [0.1, 0.15) is 11.5 Å². The second-order valence-corrected chi connectivity index (χ2v) is 6.99. The summed E-state index contributed by atoms with van der Waals surface area (Å²) in [5.41, 5.74) is 0.817. The Labute approximate surface area is 182 Å². The number of aromatic carboxylic acids is 1. The fourth-order valence-electron chi connectivity index (χ4n) is 3.26. The lowest BCUT2D eigenvalue weighted by Crippen LogP contribution is -2.17. The predicted molar refractivity (Wildman–Crippen MR) is 116 cm³/mol. The monoisotopic (exact) mass is 435 g/mol. The zero-order valence-electron chi connectivity index (χ0n) is 17.5. The van der Waals surface area contributed by atoms with Crippen molar-refractivity contribution in [3.63, 3.8) is 0 Å². The summed E-state index contributed by atoms with van der Waals surface area (Å²) in [6.45, 7) is 4.21. The van der Waals surface area contributed by atoms with Crippen molar-refractivity contribution >= 4 is 34.3 Å². The number of carboxylic acid groups (broad SMARTS) is 1. The number of benzene rings is 1. The second kappa shape index (κ2) is 8.84. The number of carbonyl (C=O) groups is 2.